The van der Waals surface area contributed by atoms with Crippen molar-refractivity contribution >= 4 is 28.5 Å². The van der Waals surface area contributed by atoms with Crippen LogP contribution in [0.3, 0.4) is 0 Å². The Morgan fingerprint density at radius 3 is 2.64 bits per heavy atom. The fraction of sp³-hybridized carbons (Fsp3) is 0.385. The Bertz CT molecular complexity index is 1120. The van der Waals surface area contributed by atoms with Gasteiger partial charge in [0.1, 0.15) is 6.54 Å². The molecule has 2 aliphatic heterocycles. The number of ether oxygens (including phenoxy) is 1. The molecule has 0 aliphatic carbocycles. The number of aromatic nitrogens is 1. The summed E-state index contributed by atoms with van der Waals surface area (Å²) >= 11 is 0. The second kappa shape index (κ2) is 9.67. The van der Waals surface area contributed by atoms with E-state index in [9.17, 15) is 9.59 Å². The highest BCUT2D eigenvalue weighted by atomic mass is 16.5. The van der Waals surface area contributed by atoms with Gasteiger partial charge in [-0.05, 0) is 49.1 Å². The third-order valence-electron chi connectivity index (χ3n) is 6.64. The fourth-order valence-electron chi connectivity index (χ4n) is 4.87. The monoisotopic (exact) mass is 446 g/mol. The minimum absolute atomic E-state index is 0.0466. The van der Waals surface area contributed by atoms with Crippen molar-refractivity contribution in [3.05, 3.63) is 66.4 Å². The molecule has 3 aromatic rings. The first-order valence-electron chi connectivity index (χ1n) is 11.7. The highest BCUT2D eigenvalue weighted by Crippen LogP contribution is 2.24. The molecule has 0 radical (unpaired) electrons. The molecule has 7 heteroatoms. The van der Waals surface area contributed by atoms with Crippen molar-refractivity contribution in [2.45, 2.75) is 31.8 Å². The van der Waals surface area contributed by atoms with Crippen molar-refractivity contribution in [2.75, 3.05) is 38.2 Å². The fourth-order valence-corrected chi connectivity index (χ4v) is 4.87. The van der Waals surface area contributed by atoms with Crippen LogP contribution in [0.5, 0.6) is 0 Å². The first-order chi connectivity index (χ1) is 16.2. The van der Waals surface area contributed by atoms with Crippen LogP contribution in [0.25, 0.3) is 10.9 Å². The summed E-state index contributed by atoms with van der Waals surface area (Å²) in [6.45, 7) is 3.59. The smallest absolute Gasteiger partial charge is 0.322 e. The Kier molecular flexibility index (Phi) is 6.30. The quantitative estimate of drug-likeness (QED) is 0.649. The molecule has 7 nitrogen and oxygen atoms in total. The first-order valence-corrected chi connectivity index (χ1v) is 11.7. The zero-order chi connectivity index (χ0) is 22.6. The molecular formula is C26H30N4O3. The molecule has 0 saturated carbocycles. The van der Waals surface area contributed by atoms with Crippen molar-refractivity contribution in [3.63, 3.8) is 0 Å². The van der Waals surface area contributed by atoms with Gasteiger partial charge in [-0.15, -0.1) is 0 Å². The summed E-state index contributed by atoms with van der Waals surface area (Å²) in [6, 6.07) is 18.4. The number of morpholine rings is 1. The molecule has 2 aliphatic rings. The number of rotatable bonds is 5. The lowest BCUT2D eigenvalue weighted by atomic mass is 10.0. The van der Waals surface area contributed by atoms with Gasteiger partial charge in [-0.1, -0.05) is 30.3 Å². The molecule has 2 fully saturated rings. The molecule has 3 amide bonds. The predicted octanol–water partition coefficient (Wildman–Crippen LogP) is 3.74. The summed E-state index contributed by atoms with van der Waals surface area (Å²) in [5.41, 5.74) is 3.02. The lowest BCUT2D eigenvalue weighted by Crippen LogP contribution is -2.42. The Hall–Kier alpha value is -3.32. The van der Waals surface area contributed by atoms with E-state index in [4.69, 9.17) is 4.74 Å². The van der Waals surface area contributed by atoms with E-state index in [1.54, 1.807) is 0 Å². The molecule has 33 heavy (non-hydrogen) atoms. The summed E-state index contributed by atoms with van der Waals surface area (Å²) in [5.74, 6) is 0.103. The molecular weight excluding hydrogens is 416 g/mol. The average molecular weight is 447 g/mol. The molecule has 0 bridgehead atoms. The van der Waals surface area contributed by atoms with Gasteiger partial charge in [-0.2, -0.15) is 0 Å². The number of benzene rings is 2. The normalized spacial score (nSPS) is 18.6. The van der Waals surface area contributed by atoms with E-state index < -0.39 is 0 Å². The molecule has 0 spiro atoms. The van der Waals surface area contributed by atoms with Gasteiger partial charge in [0, 0.05) is 48.5 Å². The van der Waals surface area contributed by atoms with Crippen LogP contribution in [0.15, 0.2) is 60.8 Å². The summed E-state index contributed by atoms with van der Waals surface area (Å²) in [6.07, 6.45) is 4.88. The van der Waals surface area contributed by atoms with E-state index in [0.717, 1.165) is 42.4 Å². The Labute approximate surface area is 193 Å². The summed E-state index contributed by atoms with van der Waals surface area (Å²) < 4.78 is 7.30. The zero-order valence-electron chi connectivity index (χ0n) is 18.8. The van der Waals surface area contributed by atoms with Crippen LogP contribution in [0.2, 0.25) is 0 Å². The molecule has 172 valence electrons. The number of nitrogens with one attached hydrogen (secondary N) is 1. The highest BCUT2D eigenvalue weighted by Gasteiger charge is 2.29. The van der Waals surface area contributed by atoms with Crippen LogP contribution >= 0.6 is 0 Å². The standard InChI is InChI=1S/C26H30N4O3/c31-25(28-13-15-33-16-14-28)19-29-12-10-21-18-22(8-9-24(21)29)27-26(32)30-11-4-7-23(30)17-20-5-2-1-3-6-20/h1-3,5-6,8-10,12,18,23H,4,7,11,13-17,19H2,(H,27,32). The van der Waals surface area contributed by atoms with E-state index in [2.05, 4.69) is 17.4 Å². The molecule has 1 atom stereocenters. The second-order valence-corrected chi connectivity index (χ2v) is 8.82. The molecule has 2 saturated heterocycles. The van der Waals surface area contributed by atoms with Crippen LogP contribution in [0.4, 0.5) is 10.5 Å². The number of hydrogen-bond donors (Lipinski definition) is 1. The van der Waals surface area contributed by atoms with Gasteiger partial charge < -0.3 is 24.4 Å². The average Bonchev–Trinajstić information content (AvgIpc) is 3.47. The topological polar surface area (TPSA) is 66.8 Å². The minimum Gasteiger partial charge on any atom is -0.378 e. The lowest BCUT2D eigenvalue weighted by Gasteiger charge is -2.27. The molecule has 1 aromatic heterocycles. The van der Waals surface area contributed by atoms with Gasteiger partial charge in [0.15, 0.2) is 0 Å². The summed E-state index contributed by atoms with van der Waals surface area (Å²) in [7, 11) is 0. The van der Waals surface area contributed by atoms with E-state index in [1.807, 2.05) is 63.0 Å². The SMILES string of the molecule is O=C(Cn1ccc2cc(NC(=O)N3CCCC3Cc3ccccc3)ccc21)N1CCOCC1. The Balaban J connectivity index is 1.24. The molecule has 1 unspecified atom stereocenters. The van der Waals surface area contributed by atoms with E-state index >= 15 is 0 Å². The molecule has 5 rings (SSSR count). The van der Waals surface area contributed by atoms with Crippen molar-refractivity contribution < 1.29 is 14.3 Å². The van der Waals surface area contributed by atoms with Gasteiger partial charge in [0.2, 0.25) is 5.91 Å². The number of carbonyl (C=O) groups excluding carboxylic acids is 2. The number of hydrogen-bond acceptors (Lipinski definition) is 3. The maximum atomic E-state index is 13.0. The van der Waals surface area contributed by atoms with Crippen LogP contribution in [0, 0.1) is 0 Å². The van der Waals surface area contributed by atoms with Crippen LogP contribution in [-0.4, -0.2) is 65.2 Å². The van der Waals surface area contributed by atoms with Gasteiger partial charge in [-0.3, -0.25) is 4.79 Å². The van der Waals surface area contributed by atoms with Crippen molar-refractivity contribution in [1.82, 2.24) is 14.4 Å². The number of urea groups is 1. The van der Waals surface area contributed by atoms with Crippen LogP contribution in [0.1, 0.15) is 18.4 Å². The largest absolute Gasteiger partial charge is 0.378 e. The molecule has 3 heterocycles. The highest BCUT2D eigenvalue weighted by molar-refractivity contribution is 5.93. The maximum Gasteiger partial charge on any atom is 0.322 e. The second-order valence-electron chi connectivity index (χ2n) is 8.82. The van der Waals surface area contributed by atoms with E-state index in [1.165, 1.54) is 5.56 Å². The molecule has 1 N–H and O–H groups in total. The number of anilines is 1. The van der Waals surface area contributed by atoms with Gasteiger partial charge in [-0.25, -0.2) is 4.79 Å². The summed E-state index contributed by atoms with van der Waals surface area (Å²) in [4.78, 5) is 29.5. The third kappa shape index (κ3) is 4.88. The Morgan fingerprint density at radius 2 is 1.82 bits per heavy atom. The van der Waals surface area contributed by atoms with E-state index in [-0.39, 0.29) is 18.0 Å². The third-order valence-corrected chi connectivity index (χ3v) is 6.64. The molecule has 2 aromatic carbocycles. The van der Waals surface area contributed by atoms with Gasteiger partial charge >= 0.3 is 6.03 Å². The first kappa shape index (κ1) is 21.5. The number of carbonyl (C=O) groups is 2. The zero-order valence-corrected chi connectivity index (χ0v) is 18.8. The van der Waals surface area contributed by atoms with Gasteiger partial charge in [0.25, 0.3) is 0 Å². The number of nitrogens with zero attached hydrogens (tertiary/aromatic N) is 3. The van der Waals surface area contributed by atoms with Crippen LogP contribution < -0.4 is 5.32 Å². The van der Waals surface area contributed by atoms with Crippen molar-refractivity contribution in [1.29, 1.82) is 0 Å². The number of fused-ring (bicyclic) bond motifs is 1. The van der Waals surface area contributed by atoms with Crippen LogP contribution in [-0.2, 0) is 22.5 Å². The summed E-state index contributed by atoms with van der Waals surface area (Å²) in [5, 5.41) is 4.09. The predicted molar refractivity (Wildman–Crippen MR) is 128 cm³/mol. The Morgan fingerprint density at radius 1 is 1.00 bits per heavy atom. The van der Waals surface area contributed by atoms with Crippen molar-refractivity contribution in [2.24, 2.45) is 0 Å². The maximum absolute atomic E-state index is 13.0. The van der Waals surface area contributed by atoms with E-state index in [0.29, 0.717) is 32.8 Å². The van der Waals surface area contributed by atoms with Crippen molar-refractivity contribution in [3.8, 4) is 0 Å². The number of likely N-dealkylation sites (tertiary alicyclic amines) is 1. The number of amides is 3. The van der Waals surface area contributed by atoms with Gasteiger partial charge in [0.05, 0.1) is 13.2 Å². The minimum atomic E-state index is -0.0466. The lowest BCUT2D eigenvalue weighted by molar-refractivity contribution is -0.135.